The first-order valence-electron chi connectivity index (χ1n) is 15.7. The second kappa shape index (κ2) is 15.3. The van der Waals surface area contributed by atoms with Gasteiger partial charge in [0, 0.05) is 54.8 Å². The molecule has 1 unspecified atom stereocenters. The molecule has 0 bridgehead atoms. The highest BCUT2D eigenvalue weighted by Gasteiger charge is 2.37. The van der Waals surface area contributed by atoms with Gasteiger partial charge in [-0.05, 0) is 98.7 Å². The summed E-state index contributed by atoms with van der Waals surface area (Å²) >= 11 is 6.04. The topological polar surface area (TPSA) is 116 Å². The molecule has 1 aliphatic carbocycles. The SMILES string of the molecule is C/C=N\C=C/CC(=O)NCC(O)CCOc1ccc([C@H]2c3[nH]c4c(c3CCN2C(=O)Oc2ccc(Cl)cc2)C=C(C)CC4)cc1C. The number of benzene rings is 2. The van der Waals surface area contributed by atoms with E-state index in [9.17, 15) is 14.7 Å². The Labute approximate surface area is 275 Å². The van der Waals surface area contributed by atoms with Gasteiger partial charge in [-0.2, -0.15) is 0 Å². The van der Waals surface area contributed by atoms with Crippen molar-refractivity contribution in [1.29, 1.82) is 0 Å². The molecular weight excluding hydrogens is 604 g/mol. The maximum atomic E-state index is 13.6. The molecule has 0 fully saturated rings. The van der Waals surface area contributed by atoms with Crippen molar-refractivity contribution in [3.63, 3.8) is 0 Å². The van der Waals surface area contributed by atoms with Gasteiger partial charge < -0.3 is 24.9 Å². The summed E-state index contributed by atoms with van der Waals surface area (Å²) in [5, 5.41) is 13.6. The number of allylic oxidation sites excluding steroid dienone is 1. The van der Waals surface area contributed by atoms with Gasteiger partial charge in [0.2, 0.25) is 5.91 Å². The summed E-state index contributed by atoms with van der Waals surface area (Å²) in [7, 11) is 0. The van der Waals surface area contributed by atoms with Crippen LogP contribution in [-0.4, -0.2) is 59.0 Å². The Morgan fingerprint density at radius 2 is 1.98 bits per heavy atom. The first kappa shape index (κ1) is 33.0. The fraction of sp³-hybridized carbons (Fsp3) is 0.361. The summed E-state index contributed by atoms with van der Waals surface area (Å²) in [6.45, 7) is 6.87. The molecule has 2 aliphatic rings. The maximum Gasteiger partial charge on any atom is 0.416 e. The number of H-pyrrole nitrogens is 1. The van der Waals surface area contributed by atoms with Gasteiger partial charge in [-0.3, -0.25) is 14.7 Å². The van der Waals surface area contributed by atoms with E-state index >= 15 is 0 Å². The van der Waals surface area contributed by atoms with Gasteiger partial charge in [0.15, 0.2) is 0 Å². The number of hydrogen-bond donors (Lipinski definition) is 3. The number of aliphatic hydroxyl groups is 1. The van der Waals surface area contributed by atoms with E-state index in [1.54, 1.807) is 54.6 Å². The quantitative estimate of drug-likeness (QED) is 0.201. The lowest BCUT2D eigenvalue weighted by atomic mass is 9.89. The summed E-state index contributed by atoms with van der Waals surface area (Å²) in [4.78, 5) is 35.0. The molecule has 1 aliphatic heterocycles. The number of nitrogens with zero attached hydrogens (tertiary/aromatic N) is 2. The van der Waals surface area contributed by atoms with Crippen molar-refractivity contribution in [3.05, 3.63) is 99.0 Å². The molecule has 46 heavy (non-hydrogen) atoms. The minimum atomic E-state index is -0.737. The van der Waals surface area contributed by atoms with Gasteiger partial charge in [-0.25, -0.2) is 4.79 Å². The Hall–Kier alpha value is -4.34. The van der Waals surface area contributed by atoms with Crippen molar-refractivity contribution in [1.82, 2.24) is 15.2 Å². The molecular formula is C36H41ClN4O5. The number of fused-ring (bicyclic) bond motifs is 3. The van der Waals surface area contributed by atoms with Gasteiger partial charge in [-0.1, -0.05) is 35.4 Å². The molecule has 3 aromatic rings. The Balaban J connectivity index is 1.29. The molecule has 5 rings (SSSR count). The van der Waals surface area contributed by atoms with Crippen molar-refractivity contribution in [3.8, 4) is 11.5 Å². The van der Waals surface area contributed by atoms with Crippen molar-refractivity contribution in [2.75, 3.05) is 19.7 Å². The largest absolute Gasteiger partial charge is 0.493 e. The summed E-state index contributed by atoms with van der Waals surface area (Å²) < 4.78 is 11.8. The third kappa shape index (κ3) is 8.08. The van der Waals surface area contributed by atoms with E-state index in [2.05, 4.69) is 28.3 Å². The number of amides is 2. The smallest absolute Gasteiger partial charge is 0.416 e. The van der Waals surface area contributed by atoms with Crippen molar-refractivity contribution >= 4 is 35.9 Å². The third-order valence-electron chi connectivity index (χ3n) is 8.26. The lowest BCUT2D eigenvalue weighted by molar-refractivity contribution is -0.120. The predicted molar refractivity (Wildman–Crippen MR) is 181 cm³/mol. The molecule has 0 radical (unpaired) electrons. The minimum absolute atomic E-state index is 0.145. The van der Waals surface area contributed by atoms with Crippen molar-refractivity contribution in [2.24, 2.45) is 4.99 Å². The van der Waals surface area contributed by atoms with Gasteiger partial charge in [0.05, 0.1) is 12.7 Å². The van der Waals surface area contributed by atoms with E-state index in [0.29, 0.717) is 29.5 Å². The molecule has 0 saturated carbocycles. The van der Waals surface area contributed by atoms with Crippen LogP contribution in [0.3, 0.4) is 0 Å². The maximum absolute atomic E-state index is 13.6. The number of carbonyl (C=O) groups is 2. The summed E-state index contributed by atoms with van der Waals surface area (Å²) in [6.07, 6.45) is 9.21. The fourth-order valence-corrected chi connectivity index (χ4v) is 6.02. The molecule has 0 saturated heterocycles. The first-order valence-corrected chi connectivity index (χ1v) is 16.1. The zero-order valence-electron chi connectivity index (χ0n) is 26.5. The van der Waals surface area contributed by atoms with Crippen LogP contribution >= 0.6 is 11.6 Å². The minimum Gasteiger partial charge on any atom is -0.493 e. The van der Waals surface area contributed by atoms with Gasteiger partial charge in [0.1, 0.15) is 17.5 Å². The molecule has 9 nitrogen and oxygen atoms in total. The standard InChI is InChI=1S/C36H41ClN4O5/c1-4-38-17-5-6-33(43)39-22-27(42)16-19-45-32-14-8-25(21-24(32)3)35-34-29(30-20-23(2)7-13-31(30)40-34)15-18-41(35)36(44)46-28-11-9-26(37)10-12-28/h4-5,8-12,14,17,20-21,27,35,40,42H,6-7,13,15-16,18-19,22H2,1-3H3,(H,39,43)/b17-5-,38-4-/t27?,35-/m0/s1. The molecule has 0 spiro atoms. The molecule has 2 amide bonds. The number of aliphatic imine (C=N–C) groups is 1. The van der Waals surface area contributed by atoms with E-state index in [0.717, 1.165) is 36.1 Å². The summed E-state index contributed by atoms with van der Waals surface area (Å²) in [6, 6.07) is 12.3. The normalized spacial score (nSPS) is 16.6. The number of aliphatic hydroxyl groups excluding tert-OH is 1. The van der Waals surface area contributed by atoms with Crippen LogP contribution in [0.4, 0.5) is 4.79 Å². The number of aryl methyl sites for hydroxylation is 2. The average molecular weight is 645 g/mol. The number of aromatic nitrogens is 1. The van der Waals surface area contributed by atoms with Crippen LogP contribution in [0.2, 0.25) is 5.02 Å². The third-order valence-corrected chi connectivity index (χ3v) is 8.52. The van der Waals surface area contributed by atoms with Crippen LogP contribution in [0.5, 0.6) is 11.5 Å². The number of ether oxygens (including phenoxy) is 2. The highest BCUT2D eigenvalue weighted by molar-refractivity contribution is 6.30. The van der Waals surface area contributed by atoms with E-state index in [1.165, 1.54) is 22.4 Å². The van der Waals surface area contributed by atoms with Crippen LogP contribution < -0.4 is 14.8 Å². The fourth-order valence-electron chi connectivity index (χ4n) is 5.89. The molecule has 10 heteroatoms. The number of hydrogen-bond acceptors (Lipinski definition) is 6. The Kier molecular flexibility index (Phi) is 11.0. The lowest BCUT2D eigenvalue weighted by Crippen LogP contribution is -2.42. The number of rotatable bonds is 11. The first-order chi connectivity index (χ1) is 22.2. The molecule has 2 atom stereocenters. The van der Waals surface area contributed by atoms with Gasteiger partial charge in [0.25, 0.3) is 0 Å². The lowest BCUT2D eigenvalue weighted by Gasteiger charge is -2.35. The van der Waals surface area contributed by atoms with Crippen LogP contribution in [0.1, 0.15) is 72.8 Å². The zero-order valence-corrected chi connectivity index (χ0v) is 27.3. The van der Waals surface area contributed by atoms with Gasteiger partial charge in [-0.15, -0.1) is 0 Å². The van der Waals surface area contributed by atoms with E-state index in [1.807, 2.05) is 25.1 Å². The number of nitrogens with one attached hydrogen (secondary N) is 2. The highest BCUT2D eigenvalue weighted by Crippen LogP contribution is 2.41. The summed E-state index contributed by atoms with van der Waals surface area (Å²) in [5.41, 5.74) is 7.94. The van der Waals surface area contributed by atoms with E-state index in [-0.39, 0.29) is 31.5 Å². The number of aromatic amines is 1. The molecule has 3 N–H and O–H groups in total. The molecule has 242 valence electrons. The van der Waals surface area contributed by atoms with Crippen LogP contribution in [0, 0.1) is 6.92 Å². The van der Waals surface area contributed by atoms with E-state index < -0.39 is 12.2 Å². The Morgan fingerprint density at radius 1 is 1.17 bits per heavy atom. The average Bonchev–Trinajstić information content (AvgIpc) is 3.41. The van der Waals surface area contributed by atoms with Crippen LogP contribution in [0.25, 0.3) is 6.08 Å². The number of carbonyl (C=O) groups excluding carboxylic acids is 2. The molecule has 1 aromatic heterocycles. The second-order valence-corrected chi connectivity index (χ2v) is 12.1. The predicted octanol–water partition coefficient (Wildman–Crippen LogP) is 6.71. The second-order valence-electron chi connectivity index (χ2n) is 11.7. The van der Waals surface area contributed by atoms with Gasteiger partial charge >= 0.3 is 6.09 Å². The zero-order chi connectivity index (χ0) is 32.6. The summed E-state index contributed by atoms with van der Waals surface area (Å²) in [5.74, 6) is 0.945. The Morgan fingerprint density at radius 3 is 2.74 bits per heavy atom. The number of halogens is 1. The molecule has 2 aromatic carbocycles. The van der Waals surface area contributed by atoms with Crippen LogP contribution in [0.15, 0.2) is 65.3 Å². The highest BCUT2D eigenvalue weighted by atomic mass is 35.5. The molecule has 2 heterocycles. The van der Waals surface area contributed by atoms with Crippen molar-refractivity contribution in [2.45, 2.75) is 65.0 Å². The Bertz CT molecular complexity index is 1640. The monoisotopic (exact) mass is 644 g/mol. The van der Waals surface area contributed by atoms with Crippen LogP contribution in [-0.2, 0) is 17.6 Å². The van der Waals surface area contributed by atoms with E-state index in [4.69, 9.17) is 21.1 Å². The van der Waals surface area contributed by atoms with Crippen molar-refractivity contribution < 1.29 is 24.2 Å².